The van der Waals surface area contributed by atoms with Crippen LogP contribution in [0, 0.1) is 0 Å². The minimum atomic E-state index is -4.99. The third-order valence-corrected chi connectivity index (χ3v) is 7.17. The van der Waals surface area contributed by atoms with Gasteiger partial charge in [0.2, 0.25) is 10.0 Å². The number of amides is 1. The number of nitrogens with zero attached hydrogens (tertiary/aromatic N) is 3. The topological polar surface area (TPSA) is 115 Å². The summed E-state index contributed by atoms with van der Waals surface area (Å²) in [6.45, 7) is 2.99. The number of carbonyl (C=O) groups is 1. The second kappa shape index (κ2) is 11.0. The molecular formula is C25H21F6N5O4S. The van der Waals surface area contributed by atoms with Crippen molar-refractivity contribution < 1.29 is 44.3 Å². The quantitative estimate of drug-likeness (QED) is 0.262. The fourth-order valence-corrected chi connectivity index (χ4v) is 4.96. The van der Waals surface area contributed by atoms with Gasteiger partial charge in [0.15, 0.2) is 11.3 Å². The van der Waals surface area contributed by atoms with E-state index in [2.05, 4.69) is 20.1 Å². The average molecular weight is 602 g/mol. The Bertz CT molecular complexity index is 1720. The molecule has 218 valence electrons. The predicted molar refractivity (Wildman–Crippen MR) is 135 cm³/mol. The summed E-state index contributed by atoms with van der Waals surface area (Å²) in [7, 11) is -3.87. The van der Waals surface area contributed by atoms with Crippen LogP contribution in [0.15, 0.2) is 59.6 Å². The molecule has 0 bridgehead atoms. The largest absolute Gasteiger partial charge is 0.493 e. The summed E-state index contributed by atoms with van der Waals surface area (Å²) in [5, 5.41) is 6.06. The van der Waals surface area contributed by atoms with Gasteiger partial charge in [-0.15, -0.1) is 0 Å². The van der Waals surface area contributed by atoms with Crippen LogP contribution in [0.1, 0.15) is 35.5 Å². The van der Waals surface area contributed by atoms with Crippen LogP contribution in [0.4, 0.5) is 32.0 Å². The molecule has 0 radical (unpaired) electrons. The molecule has 2 aromatic carbocycles. The van der Waals surface area contributed by atoms with Crippen molar-refractivity contribution in [3.63, 3.8) is 0 Å². The van der Waals surface area contributed by atoms with Gasteiger partial charge in [0.25, 0.3) is 5.91 Å². The van der Waals surface area contributed by atoms with Crippen LogP contribution in [-0.4, -0.2) is 42.1 Å². The number of nitrogens with one attached hydrogen (secondary N) is 2. The molecule has 16 heteroatoms. The van der Waals surface area contributed by atoms with Crippen LogP contribution in [0.5, 0.6) is 5.75 Å². The van der Waals surface area contributed by atoms with E-state index >= 15 is 0 Å². The van der Waals surface area contributed by atoms with E-state index in [4.69, 9.17) is 4.74 Å². The first-order valence-electron chi connectivity index (χ1n) is 11.9. The second-order valence-corrected chi connectivity index (χ2v) is 10.2. The van der Waals surface area contributed by atoms with Crippen LogP contribution >= 0.6 is 0 Å². The van der Waals surface area contributed by atoms with Crippen molar-refractivity contribution in [3.05, 3.63) is 71.5 Å². The Labute approximate surface area is 229 Å². The van der Waals surface area contributed by atoms with Gasteiger partial charge in [0.1, 0.15) is 11.3 Å². The Morgan fingerprint density at radius 1 is 1.00 bits per heavy atom. The molecular weight excluding hydrogens is 580 g/mol. The molecule has 0 fully saturated rings. The van der Waals surface area contributed by atoms with Gasteiger partial charge in [-0.05, 0) is 43.3 Å². The maximum atomic E-state index is 14.0. The summed E-state index contributed by atoms with van der Waals surface area (Å²) in [4.78, 5) is 17.0. The molecule has 2 N–H and O–H groups in total. The van der Waals surface area contributed by atoms with Crippen molar-refractivity contribution in [2.24, 2.45) is 0 Å². The van der Waals surface area contributed by atoms with E-state index in [1.165, 1.54) is 25.1 Å². The molecule has 2 heterocycles. The highest BCUT2D eigenvalue weighted by atomic mass is 32.2. The maximum Gasteiger partial charge on any atom is 0.433 e. The molecule has 0 aliphatic heterocycles. The van der Waals surface area contributed by atoms with Gasteiger partial charge < -0.3 is 10.1 Å². The molecule has 2 aromatic heterocycles. The molecule has 0 unspecified atom stereocenters. The van der Waals surface area contributed by atoms with Crippen molar-refractivity contribution in [1.29, 1.82) is 0 Å². The number of carbonyl (C=O) groups excluding carboxylic acids is 1. The summed E-state index contributed by atoms with van der Waals surface area (Å²) >= 11 is 0. The predicted octanol–water partition coefficient (Wildman–Crippen LogP) is 5.38. The molecule has 1 amide bonds. The van der Waals surface area contributed by atoms with Crippen LogP contribution in [0.3, 0.4) is 0 Å². The molecule has 0 saturated heterocycles. The third-order valence-electron chi connectivity index (χ3n) is 5.63. The first-order chi connectivity index (χ1) is 19.2. The first-order valence-corrected chi connectivity index (χ1v) is 13.4. The Balaban J connectivity index is 1.81. The fourth-order valence-electron chi connectivity index (χ4n) is 3.88. The Kier molecular flexibility index (Phi) is 8.00. The molecule has 0 spiro atoms. The molecule has 0 aliphatic rings. The van der Waals surface area contributed by atoms with Crippen molar-refractivity contribution in [2.75, 3.05) is 18.5 Å². The molecule has 4 rings (SSSR count). The monoisotopic (exact) mass is 601 g/mol. The van der Waals surface area contributed by atoms with Gasteiger partial charge in [-0.2, -0.15) is 31.4 Å². The van der Waals surface area contributed by atoms with Gasteiger partial charge in [0.05, 0.1) is 29.0 Å². The van der Waals surface area contributed by atoms with E-state index < -0.39 is 62.2 Å². The zero-order valence-electron chi connectivity index (χ0n) is 21.3. The van der Waals surface area contributed by atoms with Crippen LogP contribution in [-0.2, 0) is 22.4 Å². The maximum absolute atomic E-state index is 14.0. The zero-order chi connectivity index (χ0) is 30.2. The number of aromatic nitrogens is 3. The third kappa shape index (κ3) is 6.27. The Hall–Kier alpha value is -4.18. The number of sulfonamides is 1. The van der Waals surface area contributed by atoms with Gasteiger partial charge in [-0.25, -0.2) is 22.6 Å². The summed E-state index contributed by atoms with van der Waals surface area (Å²) < 4.78 is 115. The summed E-state index contributed by atoms with van der Waals surface area (Å²) in [5.74, 6) is -1.56. The lowest BCUT2D eigenvalue weighted by Crippen LogP contribution is -2.23. The fraction of sp³-hybridized carbons (Fsp3) is 0.240. The Morgan fingerprint density at radius 3 is 2.37 bits per heavy atom. The van der Waals surface area contributed by atoms with E-state index in [-0.39, 0.29) is 29.3 Å². The first kappa shape index (κ1) is 29.8. The Morgan fingerprint density at radius 2 is 1.73 bits per heavy atom. The van der Waals surface area contributed by atoms with Crippen LogP contribution < -0.4 is 14.8 Å². The normalized spacial score (nSPS) is 12.5. The van der Waals surface area contributed by atoms with Crippen molar-refractivity contribution in [3.8, 4) is 17.0 Å². The van der Waals surface area contributed by atoms with E-state index in [9.17, 15) is 39.6 Å². The molecule has 0 atom stereocenters. The van der Waals surface area contributed by atoms with Crippen LogP contribution in [0.25, 0.3) is 16.9 Å². The van der Waals surface area contributed by atoms with Gasteiger partial charge in [-0.1, -0.05) is 19.1 Å². The number of ether oxygens (including phenoxy) is 1. The second-order valence-electron chi connectivity index (χ2n) is 8.44. The minimum absolute atomic E-state index is 0.0182. The highest BCUT2D eigenvalue weighted by molar-refractivity contribution is 7.89. The lowest BCUT2D eigenvalue weighted by Gasteiger charge is -2.15. The highest BCUT2D eigenvalue weighted by Gasteiger charge is 2.37. The number of halogens is 6. The number of anilines is 1. The molecule has 9 nitrogen and oxygen atoms in total. The standard InChI is InChI=1S/C25H21F6N5O4S/c1-3-33-41(38,39)16-7-5-6-15(11-16)34-23(37)17-13-32-36-21(25(29,30)31)12-19(35-22(17)36)14-8-9-18(24(26,27)28)20(10-14)40-4-2/h5-13,33H,3-4H2,1-2H3,(H,34,37). The number of alkyl halides is 6. The van der Waals surface area contributed by atoms with Crippen molar-refractivity contribution in [2.45, 2.75) is 31.1 Å². The lowest BCUT2D eigenvalue weighted by molar-refractivity contribution is -0.142. The van der Waals surface area contributed by atoms with Crippen molar-refractivity contribution >= 4 is 27.3 Å². The van der Waals surface area contributed by atoms with Gasteiger partial charge in [-0.3, -0.25) is 4.79 Å². The van der Waals surface area contributed by atoms with E-state index in [1.807, 2.05) is 0 Å². The smallest absolute Gasteiger partial charge is 0.433 e. The zero-order valence-corrected chi connectivity index (χ0v) is 22.1. The molecule has 0 aliphatic carbocycles. The average Bonchev–Trinajstić information content (AvgIpc) is 3.31. The number of hydrogen-bond acceptors (Lipinski definition) is 6. The number of benzene rings is 2. The van der Waals surface area contributed by atoms with Gasteiger partial charge in [0, 0.05) is 17.8 Å². The summed E-state index contributed by atoms with van der Waals surface area (Å²) in [6.07, 6.45) is -8.93. The van der Waals surface area contributed by atoms with E-state index in [0.29, 0.717) is 16.6 Å². The summed E-state index contributed by atoms with van der Waals surface area (Å²) in [5.41, 5.74) is -3.92. The highest BCUT2D eigenvalue weighted by Crippen LogP contribution is 2.39. The molecule has 41 heavy (non-hydrogen) atoms. The van der Waals surface area contributed by atoms with E-state index in [0.717, 1.165) is 24.4 Å². The molecule has 4 aromatic rings. The lowest BCUT2D eigenvalue weighted by atomic mass is 10.1. The SMILES string of the molecule is CCNS(=O)(=O)c1cccc(NC(=O)c2cnn3c(C(F)(F)F)cc(-c4ccc(C(F)(F)F)c(OCC)c4)nc23)c1. The molecule has 0 saturated carbocycles. The number of fused-ring (bicyclic) bond motifs is 1. The van der Waals surface area contributed by atoms with E-state index in [1.54, 1.807) is 6.92 Å². The van der Waals surface area contributed by atoms with Crippen LogP contribution in [0.2, 0.25) is 0 Å². The van der Waals surface area contributed by atoms with Gasteiger partial charge >= 0.3 is 12.4 Å². The summed E-state index contributed by atoms with van der Waals surface area (Å²) in [6, 6.07) is 8.27. The minimum Gasteiger partial charge on any atom is -0.493 e. The number of hydrogen-bond donors (Lipinski definition) is 2. The van der Waals surface area contributed by atoms with Crippen molar-refractivity contribution in [1.82, 2.24) is 19.3 Å². The number of rotatable bonds is 8.